The summed E-state index contributed by atoms with van der Waals surface area (Å²) in [7, 11) is 1.43. The zero-order chi connectivity index (χ0) is 24.1. The number of esters is 1. The number of hydrogen-bond donors (Lipinski definition) is 0. The lowest BCUT2D eigenvalue weighted by Gasteiger charge is -2.40. The summed E-state index contributed by atoms with van der Waals surface area (Å²) >= 11 is 0. The number of nitriles is 1. The number of carbonyl (C=O) groups excluding carboxylic acids is 2. The lowest BCUT2D eigenvalue weighted by Crippen LogP contribution is -2.48. The number of rotatable bonds is 6. The monoisotopic (exact) mass is 456 g/mol. The first kappa shape index (κ1) is 23.2. The second-order valence-corrected chi connectivity index (χ2v) is 8.95. The third kappa shape index (κ3) is 4.86. The van der Waals surface area contributed by atoms with E-state index in [-0.39, 0.29) is 11.9 Å². The van der Waals surface area contributed by atoms with Gasteiger partial charge in [0.2, 0.25) is 0 Å². The highest BCUT2D eigenvalue weighted by Gasteiger charge is 2.43. The molecule has 0 N–H and O–H groups in total. The van der Waals surface area contributed by atoms with Crippen LogP contribution >= 0.6 is 0 Å². The van der Waals surface area contributed by atoms with Gasteiger partial charge in [-0.3, -0.25) is 9.59 Å². The Morgan fingerprint density at radius 2 is 1.85 bits per heavy atom. The van der Waals surface area contributed by atoms with E-state index in [1.54, 1.807) is 29.6 Å². The molecule has 0 radical (unpaired) electrons. The Bertz CT molecular complexity index is 1220. The number of amides is 1. The van der Waals surface area contributed by atoms with Gasteiger partial charge in [0.25, 0.3) is 5.91 Å². The van der Waals surface area contributed by atoms with Crippen LogP contribution in [0.5, 0.6) is 0 Å². The van der Waals surface area contributed by atoms with Crippen molar-refractivity contribution in [2.24, 2.45) is 5.41 Å². The number of aromatic nitrogens is 2. The SMILES string of the molecule is COC(=O)C1(Cc2cccc(C)c2)CCN(C(=O)c2cncn2Cc2ccc(C#N)cc2)CC1. The standard InChI is InChI=1S/C27H28N4O3/c1-20-4-3-5-23(14-20)15-27(26(33)34-2)10-12-30(13-11-27)25(32)24-17-29-19-31(24)18-22-8-6-21(16-28)7-9-22/h3-9,14,17,19H,10-13,15,18H2,1-2H3. The number of likely N-dealkylation sites (tertiary alicyclic amines) is 1. The fourth-order valence-corrected chi connectivity index (χ4v) is 4.69. The van der Waals surface area contributed by atoms with Gasteiger partial charge in [0.05, 0.1) is 36.7 Å². The summed E-state index contributed by atoms with van der Waals surface area (Å²) in [6.45, 7) is 3.47. The quantitative estimate of drug-likeness (QED) is 0.527. The molecule has 4 rings (SSSR count). The fraction of sp³-hybridized carbons (Fsp3) is 0.333. The second kappa shape index (κ2) is 9.92. The van der Waals surface area contributed by atoms with Crippen molar-refractivity contribution in [1.29, 1.82) is 5.26 Å². The van der Waals surface area contributed by atoms with Crippen molar-refractivity contribution < 1.29 is 14.3 Å². The second-order valence-electron chi connectivity index (χ2n) is 8.95. The minimum absolute atomic E-state index is 0.0971. The normalized spacial score (nSPS) is 14.9. The summed E-state index contributed by atoms with van der Waals surface area (Å²) < 4.78 is 7.01. The molecule has 0 aliphatic carbocycles. The summed E-state index contributed by atoms with van der Waals surface area (Å²) in [5.41, 5.74) is 3.70. The van der Waals surface area contributed by atoms with Crippen LogP contribution in [0.2, 0.25) is 0 Å². The molecule has 0 saturated carbocycles. The predicted molar refractivity (Wildman–Crippen MR) is 127 cm³/mol. The third-order valence-corrected chi connectivity index (χ3v) is 6.62. The summed E-state index contributed by atoms with van der Waals surface area (Å²) in [4.78, 5) is 32.1. The van der Waals surface area contributed by atoms with Crippen molar-refractivity contribution in [2.45, 2.75) is 32.7 Å². The number of piperidine rings is 1. The molecular formula is C27H28N4O3. The van der Waals surface area contributed by atoms with Gasteiger partial charge in [-0.15, -0.1) is 0 Å². The van der Waals surface area contributed by atoms with Gasteiger partial charge >= 0.3 is 5.97 Å². The molecule has 1 aliphatic rings. The van der Waals surface area contributed by atoms with E-state index in [9.17, 15) is 9.59 Å². The molecule has 1 fully saturated rings. The van der Waals surface area contributed by atoms with Gasteiger partial charge in [0.1, 0.15) is 5.69 Å². The number of methoxy groups -OCH3 is 1. The predicted octanol–water partition coefficient (Wildman–Crippen LogP) is 3.75. The Morgan fingerprint density at radius 3 is 2.50 bits per heavy atom. The van der Waals surface area contributed by atoms with Crippen molar-refractivity contribution in [2.75, 3.05) is 20.2 Å². The average molecular weight is 457 g/mol. The Balaban J connectivity index is 1.47. The molecule has 0 spiro atoms. The van der Waals surface area contributed by atoms with Crippen molar-refractivity contribution in [3.05, 3.63) is 89.0 Å². The zero-order valence-electron chi connectivity index (χ0n) is 19.5. The first-order valence-corrected chi connectivity index (χ1v) is 11.4. The number of aryl methyl sites for hydroxylation is 1. The molecule has 7 nitrogen and oxygen atoms in total. The van der Waals surface area contributed by atoms with E-state index in [2.05, 4.69) is 17.1 Å². The molecule has 1 aliphatic heterocycles. The minimum atomic E-state index is -0.637. The van der Waals surface area contributed by atoms with Gasteiger partial charge in [-0.25, -0.2) is 4.98 Å². The molecule has 2 aromatic carbocycles. The molecule has 7 heteroatoms. The van der Waals surface area contributed by atoms with Crippen LogP contribution in [-0.2, 0) is 22.5 Å². The van der Waals surface area contributed by atoms with Gasteiger partial charge in [-0.05, 0) is 49.4 Å². The lowest BCUT2D eigenvalue weighted by molar-refractivity contribution is -0.155. The van der Waals surface area contributed by atoms with Crippen LogP contribution in [0.25, 0.3) is 0 Å². The highest BCUT2D eigenvalue weighted by Crippen LogP contribution is 2.37. The maximum absolute atomic E-state index is 13.3. The summed E-state index contributed by atoms with van der Waals surface area (Å²) in [6, 6.07) is 17.6. The Morgan fingerprint density at radius 1 is 1.12 bits per heavy atom. The topological polar surface area (TPSA) is 88.2 Å². The van der Waals surface area contributed by atoms with Crippen LogP contribution in [0.1, 0.15) is 45.6 Å². The zero-order valence-corrected chi connectivity index (χ0v) is 19.5. The van der Waals surface area contributed by atoms with E-state index in [1.165, 1.54) is 7.11 Å². The molecule has 34 heavy (non-hydrogen) atoms. The summed E-state index contributed by atoms with van der Waals surface area (Å²) in [6.07, 6.45) is 4.92. The molecule has 1 amide bonds. The first-order chi connectivity index (χ1) is 16.4. The Kier molecular flexibility index (Phi) is 6.78. The minimum Gasteiger partial charge on any atom is -0.469 e. The molecule has 174 valence electrons. The van der Waals surface area contributed by atoms with Gasteiger partial charge in [-0.1, -0.05) is 42.0 Å². The number of carbonyl (C=O) groups is 2. The van der Waals surface area contributed by atoms with Crippen molar-refractivity contribution in [3.8, 4) is 6.07 Å². The van der Waals surface area contributed by atoms with Gasteiger partial charge < -0.3 is 14.2 Å². The van der Waals surface area contributed by atoms with Crippen LogP contribution in [-0.4, -0.2) is 46.5 Å². The maximum atomic E-state index is 13.3. The van der Waals surface area contributed by atoms with Gasteiger partial charge in [0, 0.05) is 19.6 Å². The van der Waals surface area contributed by atoms with Crippen LogP contribution in [0, 0.1) is 23.7 Å². The third-order valence-electron chi connectivity index (χ3n) is 6.62. The smallest absolute Gasteiger partial charge is 0.312 e. The van der Waals surface area contributed by atoms with Crippen LogP contribution < -0.4 is 0 Å². The van der Waals surface area contributed by atoms with E-state index >= 15 is 0 Å². The highest BCUT2D eigenvalue weighted by molar-refractivity contribution is 5.92. The van der Waals surface area contributed by atoms with E-state index in [0.717, 1.165) is 16.7 Å². The molecule has 0 bridgehead atoms. The lowest BCUT2D eigenvalue weighted by atomic mass is 9.73. The average Bonchev–Trinajstić information content (AvgIpc) is 3.32. The molecule has 1 aromatic heterocycles. The van der Waals surface area contributed by atoms with Gasteiger partial charge in [0.15, 0.2) is 0 Å². The van der Waals surface area contributed by atoms with Crippen molar-refractivity contribution in [1.82, 2.24) is 14.5 Å². The number of hydrogen-bond acceptors (Lipinski definition) is 5. The number of ether oxygens (including phenoxy) is 1. The number of imidazole rings is 1. The van der Waals surface area contributed by atoms with E-state index < -0.39 is 5.41 Å². The Labute approximate surface area is 199 Å². The molecule has 0 atom stereocenters. The first-order valence-electron chi connectivity index (χ1n) is 11.4. The van der Waals surface area contributed by atoms with Gasteiger partial charge in [-0.2, -0.15) is 5.26 Å². The van der Waals surface area contributed by atoms with Crippen molar-refractivity contribution in [3.63, 3.8) is 0 Å². The molecule has 2 heterocycles. The van der Waals surface area contributed by atoms with E-state index in [1.807, 2.05) is 41.8 Å². The van der Waals surface area contributed by atoms with Crippen LogP contribution in [0.4, 0.5) is 0 Å². The largest absolute Gasteiger partial charge is 0.469 e. The molecule has 1 saturated heterocycles. The van der Waals surface area contributed by atoms with Crippen LogP contribution in [0.3, 0.4) is 0 Å². The maximum Gasteiger partial charge on any atom is 0.312 e. The van der Waals surface area contributed by atoms with E-state index in [4.69, 9.17) is 10.00 Å². The van der Waals surface area contributed by atoms with Crippen LogP contribution in [0.15, 0.2) is 61.1 Å². The Hall–Kier alpha value is -3.92. The molecular weight excluding hydrogens is 428 g/mol. The fourth-order valence-electron chi connectivity index (χ4n) is 4.69. The number of nitrogens with zero attached hydrogens (tertiary/aromatic N) is 4. The van der Waals surface area contributed by atoms with E-state index in [0.29, 0.717) is 50.2 Å². The van der Waals surface area contributed by atoms with Crippen molar-refractivity contribution >= 4 is 11.9 Å². The summed E-state index contributed by atoms with van der Waals surface area (Å²) in [5, 5.41) is 8.98. The number of benzene rings is 2. The molecule has 0 unspecified atom stereocenters. The summed E-state index contributed by atoms with van der Waals surface area (Å²) in [5.74, 6) is -0.313. The molecule has 3 aromatic rings. The highest BCUT2D eigenvalue weighted by atomic mass is 16.5.